The molecule has 13 heavy (non-hydrogen) atoms. The minimum atomic E-state index is -2.69. The van der Waals surface area contributed by atoms with E-state index in [0.29, 0.717) is 0 Å². The van der Waals surface area contributed by atoms with E-state index >= 15 is 0 Å². The van der Waals surface area contributed by atoms with Crippen LogP contribution in [0.2, 0.25) is 0 Å². The fourth-order valence-electron chi connectivity index (χ4n) is 0.786. The summed E-state index contributed by atoms with van der Waals surface area (Å²) in [6.45, 7) is 0. The van der Waals surface area contributed by atoms with Gasteiger partial charge in [-0.1, -0.05) is 12.1 Å². The maximum absolute atomic E-state index is 12.6. The quantitative estimate of drug-likeness (QED) is 0.707. The van der Waals surface area contributed by atoms with E-state index in [4.69, 9.17) is 0 Å². The lowest BCUT2D eigenvalue weighted by atomic mass is 10.3. The Morgan fingerprint density at radius 2 is 1.85 bits per heavy atom. The van der Waals surface area contributed by atoms with Gasteiger partial charge >= 0.3 is 0 Å². The monoisotopic (exact) mass is 189 g/mol. The molecule has 1 aromatic carbocycles. The van der Waals surface area contributed by atoms with Gasteiger partial charge in [0, 0.05) is 0 Å². The molecule has 1 aromatic rings. The molecule has 1 radical (unpaired) electrons. The Kier molecular flexibility index (Phi) is 3.61. The number of halogens is 3. The molecule has 71 valence electrons. The Balaban J connectivity index is 2.41. The average Bonchev–Trinajstić information content (AvgIpc) is 2.04. The molecule has 1 atom stereocenters. The van der Waals surface area contributed by atoms with Gasteiger partial charge in [-0.05, 0) is 18.2 Å². The summed E-state index contributed by atoms with van der Waals surface area (Å²) >= 11 is 0. The molecule has 0 heterocycles. The van der Waals surface area contributed by atoms with Crippen molar-refractivity contribution in [2.24, 2.45) is 0 Å². The Morgan fingerprint density at radius 1 is 1.23 bits per heavy atom. The summed E-state index contributed by atoms with van der Waals surface area (Å²) < 4.78 is 40.5. The van der Waals surface area contributed by atoms with Gasteiger partial charge in [0.15, 0.2) is 0 Å². The van der Waals surface area contributed by atoms with Crippen LogP contribution in [0, 0.1) is 6.07 Å². The maximum Gasteiger partial charge on any atom is 0.244 e. The van der Waals surface area contributed by atoms with Crippen LogP contribution in [0.5, 0.6) is 5.75 Å². The normalized spacial score (nSPS) is 12.9. The molecular formula is C9H8F3O. The van der Waals surface area contributed by atoms with E-state index in [-0.39, 0.29) is 5.75 Å². The highest BCUT2D eigenvalue weighted by Crippen LogP contribution is 2.15. The van der Waals surface area contributed by atoms with Crippen molar-refractivity contribution in [2.45, 2.75) is 19.2 Å². The fourth-order valence-corrected chi connectivity index (χ4v) is 0.786. The SMILES string of the molecule is FC(F)CC(F)Oc1cc[c]cc1. The second-order valence-corrected chi connectivity index (χ2v) is 2.39. The summed E-state index contributed by atoms with van der Waals surface area (Å²) in [7, 11) is 0. The number of ether oxygens (including phenoxy) is 1. The van der Waals surface area contributed by atoms with Crippen LogP contribution in [-0.2, 0) is 0 Å². The number of hydrogen-bond donors (Lipinski definition) is 0. The third-order valence-electron chi connectivity index (χ3n) is 1.32. The molecule has 1 unspecified atom stereocenters. The lowest BCUT2D eigenvalue weighted by Crippen LogP contribution is -2.13. The number of rotatable bonds is 4. The Morgan fingerprint density at radius 3 is 2.38 bits per heavy atom. The van der Waals surface area contributed by atoms with Crippen LogP contribution >= 0.6 is 0 Å². The highest BCUT2D eigenvalue weighted by Gasteiger charge is 2.14. The van der Waals surface area contributed by atoms with Crippen LogP contribution in [0.3, 0.4) is 0 Å². The van der Waals surface area contributed by atoms with Crippen LogP contribution in [0.1, 0.15) is 6.42 Å². The van der Waals surface area contributed by atoms with Crippen molar-refractivity contribution < 1.29 is 17.9 Å². The molecule has 0 amide bonds. The molecule has 0 bridgehead atoms. The van der Waals surface area contributed by atoms with E-state index in [1.807, 2.05) is 0 Å². The molecule has 0 N–H and O–H groups in total. The van der Waals surface area contributed by atoms with Gasteiger partial charge in [0.1, 0.15) is 5.75 Å². The van der Waals surface area contributed by atoms with Gasteiger partial charge in [0.25, 0.3) is 0 Å². The zero-order valence-electron chi connectivity index (χ0n) is 6.71. The summed E-state index contributed by atoms with van der Waals surface area (Å²) in [4.78, 5) is 0. The van der Waals surface area contributed by atoms with E-state index in [1.165, 1.54) is 24.3 Å². The van der Waals surface area contributed by atoms with Gasteiger partial charge in [0.05, 0.1) is 6.42 Å². The molecule has 1 rings (SSSR count). The van der Waals surface area contributed by atoms with Gasteiger partial charge in [-0.3, -0.25) is 0 Å². The first kappa shape index (κ1) is 9.89. The third-order valence-corrected chi connectivity index (χ3v) is 1.32. The summed E-state index contributed by atoms with van der Waals surface area (Å²) in [5, 5.41) is 0. The maximum atomic E-state index is 12.6. The van der Waals surface area contributed by atoms with E-state index in [2.05, 4.69) is 10.8 Å². The lowest BCUT2D eigenvalue weighted by molar-refractivity contribution is 0.00214. The van der Waals surface area contributed by atoms with Crippen molar-refractivity contribution in [2.75, 3.05) is 0 Å². The molecule has 0 aliphatic heterocycles. The van der Waals surface area contributed by atoms with Crippen molar-refractivity contribution in [1.29, 1.82) is 0 Å². The molecule has 0 aliphatic rings. The van der Waals surface area contributed by atoms with Gasteiger partial charge in [0.2, 0.25) is 12.8 Å². The standard InChI is InChI=1S/C9H8F3O/c10-8(11)6-9(12)13-7-4-2-1-3-5-7/h2-5,8-9H,6H2. The first-order chi connectivity index (χ1) is 6.18. The smallest absolute Gasteiger partial charge is 0.244 e. The Labute approximate surface area is 74.1 Å². The van der Waals surface area contributed by atoms with Crippen LogP contribution in [0.15, 0.2) is 24.3 Å². The topological polar surface area (TPSA) is 9.23 Å². The zero-order valence-corrected chi connectivity index (χ0v) is 6.71. The number of hydrogen-bond acceptors (Lipinski definition) is 1. The Hall–Kier alpha value is -1.19. The minimum absolute atomic E-state index is 0.229. The van der Waals surface area contributed by atoms with Crippen LogP contribution in [0.4, 0.5) is 13.2 Å². The molecular weight excluding hydrogens is 181 g/mol. The summed E-state index contributed by atoms with van der Waals surface area (Å²) in [5.41, 5.74) is 0. The molecule has 0 saturated carbocycles. The Bertz CT molecular complexity index is 238. The highest BCUT2D eigenvalue weighted by atomic mass is 19.3. The van der Waals surface area contributed by atoms with E-state index in [1.54, 1.807) is 0 Å². The van der Waals surface area contributed by atoms with Crippen LogP contribution < -0.4 is 4.74 Å². The van der Waals surface area contributed by atoms with Gasteiger partial charge in [-0.25, -0.2) is 13.2 Å². The number of benzene rings is 1. The lowest BCUT2D eigenvalue weighted by Gasteiger charge is -2.09. The van der Waals surface area contributed by atoms with E-state index in [0.717, 1.165) is 0 Å². The molecule has 0 aliphatic carbocycles. The highest BCUT2D eigenvalue weighted by molar-refractivity contribution is 5.20. The van der Waals surface area contributed by atoms with Crippen molar-refractivity contribution in [3.05, 3.63) is 30.3 Å². The predicted molar refractivity (Wildman–Crippen MR) is 41.4 cm³/mol. The predicted octanol–water partition coefficient (Wildman–Crippen LogP) is 2.82. The molecule has 1 nitrogen and oxygen atoms in total. The van der Waals surface area contributed by atoms with Crippen LogP contribution in [0.25, 0.3) is 0 Å². The second kappa shape index (κ2) is 4.74. The van der Waals surface area contributed by atoms with E-state index < -0.39 is 19.2 Å². The summed E-state index contributed by atoms with van der Waals surface area (Å²) in [6.07, 6.45) is -5.55. The largest absolute Gasteiger partial charge is 0.460 e. The molecule has 0 spiro atoms. The molecule has 0 saturated heterocycles. The molecule has 0 aromatic heterocycles. The molecule has 4 heteroatoms. The number of alkyl halides is 3. The van der Waals surface area contributed by atoms with Crippen LogP contribution in [-0.4, -0.2) is 12.8 Å². The van der Waals surface area contributed by atoms with Crippen molar-refractivity contribution in [3.8, 4) is 5.75 Å². The van der Waals surface area contributed by atoms with Gasteiger partial charge in [-0.15, -0.1) is 0 Å². The van der Waals surface area contributed by atoms with Crippen molar-refractivity contribution in [3.63, 3.8) is 0 Å². The van der Waals surface area contributed by atoms with Gasteiger partial charge in [-0.2, -0.15) is 0 Å². The summed E-state index contributed by atoms with van der Waals surface area (Å²) in [5.74, 6) is 0.229. The minimum Gasteiger partial charge on any atom is -0.460 e. The van der Waals surface area contributed by atoms with Gasteiger partial charge < -0.3 is 4.74 Å². The fraction of sp³-hybridized carbons (Fsp3) is 0.333. The zero-order chi connectivity index (χ0) is 9.68. The van der Waals surface area contributed by atoms with E-state index in [9.17, 15) is 13.2 Å². The first-order valence-electron chi connectivity index (χ1n) is 3.73. The first-order valence-corrected chi connectivity index (χ1v) is 3.73. The third kappa shape index (κ3) is 3.83. The van der Waals surface area contributed by atoms with Crippen molar-refractivity contribution >= 4 is 0 Å². The second-order valence-electron chi connectivity index (χ2n) is 2.39. The van der Waals surface area contributed by atoms with Crippen molar-refractivity contribution in [1.82, 2.24) is 0 Å². The summed E-state index contributed by atoms with van der Waals surface area (Å²) in [6, 6.07) is 8.65. The average molecular weight is 189 g/mol. The molecule has 0 fully saturated rings.